The van der Waals surface area contributed by atoms with Crippen LogP contribution in [0.4, 0.5) is 5.69 Å². The highest BCUT2D eigenvalue weighted by molar-refractivity contribution is 9.10. The number of hydrogen-bond donors (Lipinski definition) is 2. The van der Waals surface area contributed by atoms with Gasteiger partial charge >= 0.3 is 0 Å². The molecule has 1 aromatic rings. The van der Waals surface area contributed by atoms with Crippen LogP contribution in [0.5, 0.6) is 0 Å². The third-order valence-corrected chi connectivity index (χ3v) is 4.07. The summed E-state index contributed by atoms with van der Waals surface area (Å²) < 4.78 is 0.568. The highest BCUT2D eigenvalue weighted by atomic mass is 79.9. The number of nitrogens with one attached hydrogen (secondary N) is 1. The molecule has 2 N–H and O–H groups in total. The number of aliphatic hydroxyl groups excluding tert-OH is 1. The van der Waals surface area contributed by atoms with Gasteiger partial charge in [0.25, 0.3) is 11.8 Å². The zero-order chi connectivity index (χ0) is 14.9. The number of aliphatic hydroxyl groups is 1. The van der Waals surface area contributed by atoms with Gasteiger partial charge in [0.05, 0.1) is 23.9 Å². The fourth-order valence-corrected chi connectivity index (χ4v) is 2.67. The van der Waals surface area contributed by atoms with Crippen molar-refractivity contribution in [3.8, 4) is 0 Å². The van der Waals surface area contributed by atoms with Crippen LogP contribution in [0.3, 0.4) is 0 Å². The van der Waals surface area contributed by atoms with E-state index in [-0.39, 0.29) is 18.8 Å². The number of hydrogen-bond acceptors (Lipinski definition) is 4. The molecule has 20 heavy (non-hydrogen) atoms. The van der Waals surface area contributed by atoms with E-state index in [1.165, 1.54) is 0 Å². The maximum Gasteiger partial charge on any atom is 0.277 e. The van der Waals surface area contributed by atoms with Gasteiger partial charge in [-0.25, -0.2) is 0 Å². The monoisotopic (exact) mass is 378 g/mol. The molecule has 0 aliphatic carbocycles. The van der Waals surface area contributed by atoms with Crippen molar-refractivity contribution < 1.29 is 14.7 Å². The van der Waals surface area contributed by atoms with Crippen LogP contribution in [-0.4, -0.2) is 35.0 Å². The number of anilines is 1. The molecule has 0 aromatic heterocycles. The largest absolute Gasteiger partial charge is 0.395 e. The van der Waals surface area contributed by atoms with Gasteiger partial charge in [0.1, 0.15) is 5.70 Å². The van der Waals surface area contributed by atoms with Gasteiger partial charge in [-0.15, -0.1) is 0 Å². The van der Waals surface area contributed by atoms with Gasteiger partial charge in [0.2, 0.25) is 0 Å². The smallest absolute Gasteiger partial charge is 0.277 e. The average molecular weight is 380 g/mol. The van der Waals surface area contributed by atoms with Gasteiger partial charge < -0.3 is 10.4 Å². The predicted octanol–water partition coefficient (Wildman–Crippen LogP) is 2.41. The molecule has 0 bridgehead atoms. The van der Waals surface area contributed by atoms with Crippen LogP contribution in [0.15, 0.2) is 28.4 Å². The molecule has 106 valence electrons. The number of halogens is 3. The Labute approximate surface area is 133 Å². The lowest BCUT2D eigenvalue weighted by Gasteiger charge is -2.14. The minimum atomic E-state index is -0.517. The van der Waals surface area contributed by atoms with Crippen LogP contribution in [0, 0.1) is 0 Å². The van der Waals surface area contributed by atoms with Gasteiger partial charge in [-0.3, -0.25) is 14.5 Å². The number of benzene rings is 1. The Morgan fingerprint density at radius 1 is 1.30 bits per heavy atom. The number of imide groups is 1. The third-order valence-electron chi connectivity index (χ3n) is 2.60. The fourth-order valence-electron chi connectivity index (χ4n) is 1.70. The van der Waals surface area contributed by atoms with Crippen molar-refractivity contribution in [3.05, 3.63) is 38.4 Å². The van der Waals surface area contributed by atoms with E-state index in [1.54, 1.807) is 12.1 Å². The lowest BCUT2D eigenvalue weighted by Crippen LogP contribution is -2.34. The van der Waals surface area contributed by atoms with Crippen LogP contribution in [-0.2, 0) is 9.59 Å². The molecule has 5 nitrogen and oxygen atoms in total. The number of rotatable bonds is 4. The summed E-state index contributed by atoms with van der Waals surface area (Å²) in [5.74, 6) is -1.00. The molecule has 0 radical (unpaired) electrons. The summed E-state index contributed by atoms with van der Waals surface area (Å²) in [5.41, 5.74) is 0.490. The lowest BCUT2D eigenvalue weighted by atomic mass is 10.3. The minimum Gasteiger partial charge on any atom is -0.395 e. The second kappa shape index (κ2) is 6.13. The Morgan fingerprint density at radius 2 is 2.00 bits per heavy atom. The molecule has 0 atom stereocenters. The molecule has 8 heteroatoms. The molecule has 1 aliphatic rings. The summed E-state index contributed by atoms with van der Waals surface area (Å²) in [5, 5.41) is 12.4. The van der Waals surface area contributed by atoms with E-state index in [0.717, 1.165) is 11.0 Å². The quantitative estimate of drug-likeness (QED) is 0.622. The second-order valence-electron chi connectivity index (χ2n) is 3.95. The molecule has 0 saturated heterocycles. The Bertz CT molecular complexity index is 619. The summed E-state index contributed by atoms with van der Waals surface area (Å²) in [6.07, 6.45) is 1.16. The van der Waals surface area contributed by atoms with E-state index < -0.39 is 11.8 Å². The van der Waals surface area contributed by atoms with E-state index in [2.05, 4.69) is 21.2 Å². The molecule has 0 saturated carbocycles. The van der Waals surface area contributed by atoms with E-state index >= 15 is 0 Å². The standard InChI is InChI=1S/C12H9BrCl2N2O3/c13-7-3-6(14)4-8(11(7)15)16-9-5-10(19)17(1-2-18)12(9)20/h3-5,16,18H,1-2H2. The van der Waals surface area contributed by atoms with E-state index in [9.17, 15) is 9.59 Å². The minimum absolute atomic E-state index is 0.0493. The molecule has 0 spiro atoms. The van der Waals surface area contributed by atoms with E-state index in [1.807, 2.05) is 0 Å². The van der Waals surface area contributed by atoms with Crippen LogP contribution in [0.25, 0.3) is 0 Å². The summed E-state index contributed by atoms with van der Waals surface area (Å²) in [4.78, 5) is 24.5. The Kier molecular flexibility index (Phi) is 4.70. The molecule has 0 unspecified atom stereocenters. The van der Waals surface area contributed by atoms with Gasteiger partial charge in [-0.1, -0.05) is 23.2 Å². The number of amides is 2. The van der Waals surface area contributed by atoms with Crippen LogP contribution >= 0.6 is 39.1 Å². The fraction of sp³-hybridized carbons (Fsp3) is 0.167. The number of nitrogens with zero attached hydrogens (tertiary/aromatic N) is 1. The molecular weight excluding hydrogens is 371 g/mol. The van der Waals surface area contributed by atoms with Crippen molar-refractivity contribution in [1.82, 2.24) is 4.90 Å². The predicted molar refractivity (Wildman–Crippen MR) is 79.7 cm³/mol. The molecule has 2 amide bonds. The first-order chi connectivity index (χ1) is 9.43. The second-order valence-corrected chi connectivity index (χ2v) is 5.62. The van der Waals surface area contributed by atoms with Gasteiger partial charge in [0, 0.05) is 15.6 Å². The van der Waals surface area contributed by atoms with Crippen LogP contribution < -0.4 is 5.32 Å². The maximum absolute atomic E-state index is 12.0. The van der Waals surface area contributed by atoms with Gasteiger partial charge in [-0.05, 0) is 28.1 Å². The molecule has 2 rings (SSSR count). The molecule has 1 aromatic carbocycles. The Morgan fingerprint density at radius 3 is 2.65 bits per heavy atom. The zero-order valence-corrected chi connectivity index (χ0v) is 13.1. The highest BCUT2D eigenvalue weighted by Gasteiger charge is 2.31. The van der Waals surface area contributed by atoms with Crippen molar-refractivity contribution in [3.63, 3.8) is 0 Å². The van der Waals surface area contributed by atoms with Crippen molar-refractivity contribution >= 4 is 56.6 Å². The number of β-amino-alcohol motifs (C(OH)–C–C–N with tert-alkyl or cyclic N) is 1. The third kappa shape index (κ3) is 2.98. The average Bonchev–Trinajstić information content (AvgIpc) is 2.63. The summed E-state index contributed by atoms with van der Waals surface area (Å²) in [6.45, 7) is -0.339. The van der Waals surface area contributed by atoms with Crippen LogP contribution in [0.1, 0.15) is 0 Å². The first kappa shape index (κ1) is 15.3. The Balaban J connectivity index is 2.26. The highest BCUT2D eigenvalue weighted by Crippen LogP contribution is 2.34. The van der Waals surface area contributed by atoms with Crippen molar-refractivity contribution in [1.29, 1.82) is 0 Å². The van der Waals surface area contributed by atoms with Crippen molar-refractivity contribution in [2.75, 3.05) is 18.5 Å². The zero-order valence-electron chi connectivity index (χ0n) is 9.99. The van der Waals surface area contributed by atoms with Crippen molar-refractivity contribution in [2.24, 2.45) is 0 Å². The number of carbonyl (C=O) groups is 2. The lowest BCUT2D eigenvalue weighted by molar-refractivity contribution is -0.137. The van der Waals surface area contributed by atoms with E-state index in [4.69, 9.17) is 28.3 Å². The Hall–Kier alpha value is -1.08. The topological polar surface area (TPSA) is 69.6 Å². The number of carbonyl (C=O) groups excluding carboxylic acids is 2. The van der Waals surface area contributed by atoms with Crippen LogP contribution in [0.2, 0.25) is 10.0 Å². The summed E-state index contributed by atoms with van der Waals surface area (Å²) >= 11 is 15.2. The molecule has 0 fully saturated rings. The molecule has 1 aliphatic heterocycles. The van der Waals surface area contributed by atoms with Gasteiger partial charge in [0.15, 0.2) is 0 Å². The first-order valence-corrected chi connectivity index (χ1v) is 7.09. The summed E-state index contributed by atoms with van der Waals surface area (Å²) in [7, 11) is 0. The van der Waals surface area contributed by atoms with E-state index in [0.29, 0.717) is 20.2 Å². The maximum atomic E-state index is 12.0. The molecular formula is C12H9BrCl2N2O3. The molecule has 1 heterocycles. The van der Waals surface area contributed by atoms with Crippen molar-refractivity contribution in [2.45, 2.75) is 0 Å². The SMILES string of the molecule is O=C1C=C(Nc2cc(Cl)cc(Br)c2Cl)C(=O)N1CCO. The van der Waals surface area contributed by atoms with Gasteiger partial charge in [-0.2, -0.15) is 0 Å². The summed E-state index contributed by atoms with van der Waals surface area (Å²) in [6, 6.07) is 3.16. The first-order valence-electron chi connectivity index (χ1n) is 5.54. The normalized spacial score (nSPS) is 14.8.